The molecule has 3 heterocycles. The number of fused-ring (bicyclic) bond motifs is 1. The zero-order chi connectivity index (χ0) is 31.3. The zero-order valence-electron chi connectivity index (χ0n) is 22.4. The monoisotopic (exact) mass is 621 g/mol. The summed E-state index contributed by atoms with van der Waals surface area (Å²) >= 11 is 0. The van der Waals surface area contributed by atoms with E-state index in [-0.39, 0.29) is 35.8 Å². The summed E-state index contributed by atoms with van der Waals surface area (Å²) in [5, 5.41) is 10.5. The molecule has 3 N–H and O–H groups in total. The molecular weight excluding hydrogens is 594 g/mol. The van der Waals surface area contributed by atoms with Crippen molar-refractivity contribution in [2.45, 2.75) is 81.7 Å². The Morgan fingerprint density at radius 1 is 1.02 bits per heavy atom. The van der Waals surface area contributed by atoms with Crippen molar-refractivity contribution >= 4 is 17.5 Å². The number of alkyl halides is 8. The first kappa shape index (κ1) is 30.7. The lowest BCUT2D eigenvalue weighted by atomic mass is 9.76. The molecule has 5 rings (SSSR count). The molecule has 43 heavy (non-hydrogen) atoms. The number of carbonyl (C=O) groups excluding carboxylic acids is 2. The van der Waals surface area contributed by atoms with Gasteiger partial charge in [0.2, 0.25) is 11.8 Å². The molecule has 2 aliphatic rings. The van der Waals surface area contributed by atoms with E-state index in [0.717, 1.165) is 18.9 Å². The van der Waals surface area contributed by atoms with Crippen LogP contribution in [0.4, 0.5) is 35.1 Å². The fourth-order valence-electron chi connectivity index (χ4n) is 5.58. The predicted molar refractivity (Wildman–Crippen MR) is 133 cm³/mol. The Morgan fingerprint density at radius 3 is 2.26 bits per heavy atom. The smallest absolute Gasteiger partial charge is 0.364 e. The van der Waals surface area contributed by atoms with E-state index in [1.54, 1.807) is 6.07 Å². The van der Waals surface area contributed by atoms with Crippen LogP contribution in [-0.4, -0.2) is 48.3 Å². The number of aromatic nitrogens is 5. The highest BCUT2D eigenvalue weighted by atomic mass is 19.4. The Bertz CT molecular complexity index is 1500. The third kappa shape index (κ3) is 7.06. The van der Waals surface area contributed by atoms with E-state index in [9.17, 15) is 44.7 Å². The van der Waals surface area contributed by atoms with E-state index in [1.165, 1.54) is 16.9 Å². The normalized spacial score (nSPS) is 19.3. The second-order valence-electron chi connectivity index (χ2n) is 11.1. The van der Waals surface area contributed by atoms with Gasteiger partial charge in [0.25, 0.3) is 5.91 Å². The molecule has 9 nitrogen and oxygen atoms in total. The zero-order valence-corrected chi connectivity index (χ0v) is 22.4. The molecule has 0 aliphatic heterocycles. The van der Waals surface area contributed by atoms with Crippen LogP contribution < -0.4 is 11.1 Å². The molecule has 2 atom stereocenters. The number of imidazole rings is 1. The predicted octanol–water partition coefficient (Wildman–Crippen LogP) is 5.37. The van der Waals surface area contributed by atoms with Gasteiger partial charge in [0, 0.05) is 25.2 Å². The maximum atomic E-state index is 14.0. The first-order chi connectivity index (χ1) is 20.0. The minimum Gasteiger partial charge on any atom is -0.364 e. The van der Waals surface area contributed by atoms with E-state index in [4.69, 9.17) is 5.73 Å². The van der Waals surface area contributed by atoms with Crippen LogP contribution in [0.25, 0.3) is 5.65 Å². The van der Waals surface area contributed by atoms with E-state index >= 15 is 0 Å². The topological polar surface area (TPSA) is 120 Å². The maximum absolute atomic E-state index is 14.0. The average Bonchev–Trinajstić information content (AvgIpc) is 3.49. The molecular formula is C26H27F8N7O2. The van der Waals surface area contributed by atoms with Crippen LogP contribution in [0.2, 0.25) is 0 Å². The fourth-order valence-corrected chi connectivity index (χ4v) is 5.58. The molecule has 0 saturated heterocycles. The van der Waals surface area contributed by atoms with Gasteiger partial charge in [-0.15, -0.1) is 13.2 Å². The molecule has 3 aromatic heterocycles. The maximum Gasteiger partial charge on any atom is 0.505 e. The third-order valence-electron chi connectivity index (χ3n) is 7.86. The SMILES string of the molecule is NC(=O)c1cc([C@H](c2cn3ncc([C@H](NC(=O)CCC(F)(F)F)C4CC4)cc3n2)C2CCC(F)(F)CC2)nn1C(F)(F)F. The number of nitrogens with one attached hydrogen (secondary N) is 1. The van der Waals surface area contributed by atoms with E-state index in [0.29, 0.717) is 5.56 Å². The first-order valence-corrected chi connectivity index (χ1v) is 13.6. The van der Waals surface area contributed by atoms with Crippen molar-refractivity contribution in [3.63, 3.8) is 0 Å². The Morgan fingerprint density at radius 2 is 1.70 bits per heavy atom. The number of nitrogens with two attached hydrogens (primary N) is 1. The Kier molecular flexibility index (Phi) is 7.88. The van der Waals surface area contributed by atoms with Crippen LogP contribution in [-0.2, 0) is 11.1 Å². The number of primary amides is 1. The van der Waals surface area contributed by atoms with Gasteiger partial charge in [-0.2, -0.15) is 28.1 Å². The van der Waals surface area contributed by atoms with Crippen LogP contribution in [0.3, 0.4) is 0 Å². The molecule has 0 spiro atoms. The van der Waals surface area contributed by atoms with E-state index in [2.05, 4.69) is 20.5 Å². The van der Waals surface area contributed by atoms with Crippen LogP contribution in [0.15, 0.2) is 24.5 Å². The number of amides is 2. The van der Waals surface area contributed by atoms with Crippen LogP contribution >= 0.6 is 0 Å². The minimum atomic E-state index is -5.08. The highest BCUT2D eigenvalue weighted by Gasteiger charge is 2.43. The molecule has 2 amide bonds. The third-order valence-corrected chi connectivity index (χ3v) is 7.86. The van der Waals surface area contributed by atoms with Gasteiger partial charge >= 0.3 is 12.5 Å². The summed E-state index contributed by atoms with van der Waals surface area (Å²) < 4.78 is 108. The van der Waals surface area contributed by atoms with Gasteiger partial charge in [-0.25, -0.2) is 18.3 Å². The van der Waals surface area contributed by atoms with Gasteiger partial charge in [-0.1, -0.05) is 0 Å². The molecule has 2 fully saturated rings. The summed E-state index contributed by atoms with van der Waals surface area (Å²) in [5.41, 5.74) is 4.87. The summed E-state index contributed by atoms with van der Waals surface area (Å²) in [6.45, 7) is 0. The van der Waals surface area contributed by atoms with Crippen molar-refractivity contribution in [1.82, 2.24) is 29.7 Å². The van der Waals surface area contributed by atoms with Crippen molar-refractivity contribution in [2.24, 2.45) is 17.6 Å². The molecule has 0 unspecified atom stereocenters. The Labute approximate surface area is 238 Å². The van der Waals surface area contributed by atoms with Gasteiger partial charge in [-0.05, 0) is 55.2 Å². The van der Waals surface area contributed by atoms with Gasteiger partial charge in [0.15, 0.2) is 5.65 Å². The van der Waals surface area contributed by atoms with Crippen LogP contribution in [0.5, 0.6) is 0 Å². The van der Waals surface area contributed by atoms with Crippen LogP contribution in [0.1, 0.15) is 90.8 Å². The van der Waals surface area contributed by atoms with Gasteiger partial charge in [0.1, 0.15) is 5.69 Å². The standard InChI is InChI=1S/C26H27F8N7O2/c27-24(28)6-3-13(4-7-24)21(16-10-18(23(35)43)41(39-16)26(32,33)34)17-12-40-19(37-17)9-15(11-36-40)22(14-1-2-14)38-20(42)5-8-25(29,30)31/h9-14,21-22H,1-8H2,(H2,35,43)(H,38,42)/t21-,22-/m1/s1. The molecule has 3 aromatic rings. The van der Waals surface area contributed by atoms with E-state index < -0.39 is 84.2 Å². The average molecular weight is 622 g/mol. The number of nitrogens with zero attached hydrogens (tertiary/aromatic N) is 5. The first-order valence-electron chi connectivity index (χ1n) is 13.6. The molecule has 0 bridgehead atoms. The fraction of sp³-hybridized carbons (Fsp3) is 0.577. The van der Waals surface area contributed by atoms with Crippen LogP contribution in [0, 0.1) is 11.8 Å². The van der Waals surface area contributed by atoms with Crippen molar-refractivity contribution in [2.75, 3.05) is 0 Å². The number of hydrogen-bond donors (Lipinski definition) is 2. The quantitative estimate of drug-likeness (QED) is 0.312. The van der Waals surface area contributed by atoms with Crippen molar-refractivity contribution in [3.8, 4) is 0 Å². The summed E-state index contributed by atoms with van der Waals surface area (Å²) in [6.07, 6.45) is -8.39. The lowest BCUT2D eigenvalue weighted by molar-refractivity contribution is -0.213. The second kappa shape index (κ2) is 11.0. The van der Waals surface area contributed by atoms with E-state index in [1.807, 2.05) is 0 Å². The van der Waals surface area contributed by atoms with Gasteiger partial charge in [-0.3, -0.25) is 9.59 Å². The van der Waals surface area contributed by atoms with Gasteiger partial charge < -0.3 is 11.1 Å². The highest BCUT2D eigenvalue weighted by molar-refractivity contribution is 5.91. The summed E-state index contributed by atoms with van der Waals surface area (Å²) in [4.78, 5) is 28.6. The Hall–Kier alpha value is -3.79. The summed E-state index contributed by atoms with van der Waals surface area (Å²) in [7, 11) is 0. The van der Waals surface area contributed by atoms with Crippen molar-refractivity contribution < 1.29 is 44.7 Å². The molecule has 17 heteroatoms. The highest BCUT2D eigenvalue weighted by Crippen LogP contribution is 2.45. The van der Waals surface area contributed by atoms with Crippen molar-refractivity contribution in [3.05, 3.63) is 47.2 Å². The molecule has 2 aliphatic carbocycles. The van der Waals surface area contributed by atoms with Gasteiger partial charge in [0.05, 0.1) is 36.2 Å². The van der Waals surface area contributed by atoms with Crippen molar-refractivity contribution in [1.29, 1.82) is 0 Å². The largest absolute Gasteiger partial charge is 0.505 e. The molecule has 2 saturated carbocycles. The second-order valence-corrected chi connectivity index (χ2v) is 11.1. The summed E-state index contributed by atoms with van der Waals surface area (Å²) in [5.74, 6) is -6.74. The molecule has 234 valence electrons. The lowest BCUT2D eigenvalue weighted by Gasteiger charge is -2.32. The lowest BCUT2D eigenvalue weighted by Crippen LogP contribution is -2.30. The minimum absolute atomic E-state index is 0.0243. The summed E-state index contributed by atoms with van der Waals surface area (Å²) in [6, 6.07) is 1.81. The number of halogens is 8. The number of carbonyl (C=O) groups is 2. The molecule has 0 aromatic carbocycles. The number of rotatable bonds is 9. The molecule has 0 radical (unpaired) electrons. The Balaban J connectivity index is 1.49. The number of hydrogen-bond acceptors (Lipinski definition) is 5.